The average molecular weight is 1150 g/mol. The van der Waals surface area contributed by atoms with E-state index in [0.717, 1.165) is 27.8 Å². The van der Waals surface area contributed by atoms with E-state index in [1.165, 1.54) is 47.1 Å². The number of oxime groups is 1. The molecule has 2 atom stereocenters. The zero-order valence-electron chi connectivity index (χ0n) is 46.0. The van der Waals surface area contributed by atoms with Crippen molar-refractivity contribution in [2.75, 3.05) is 46.6 Å². The highest BCUT2D eigenvalue weighted by Crippen LogP contribution is 2.44. The third kappa shape index (κ3) is 12.4. The fourth-order valence-electron chi connectivity index (χ4n) is 9.63. The number of carbonyl (C=O) groups excluding carboxylic acids is 4. The van der Waals surface area contributed by atoms with Gasteiger partial charge in [0.25, 0.3) is 17.7 Å². The maximum atomic E-state index is 14.8. The van der Waals surface area contributed by atoms with E-state index in [1.54, 1.807) is 69.2 Å². The molecule has 8 aromatic rings. The summed E-state index contributed by atoms with van der Waals surface area (Å²) in [5, 5.41) is 12.1. The van der Waals surface area contributed by atoms with Crippen molar-refractivity contribution in [2.24, 2.45) is 5.16 Å². The largest absolute Gasteiger partial charge is 0.497 e. The number of nitrogens with one attached hydrogen (secondary N) is 2. The summed E-state index contributed by atoms with van der Waals surface area (Å²) in [7, 11) is 7.58. The first kappa shape index (κ1) is 56.7. The van der Waals surface area contributed by atoms with Gasteiger partial charge in [-0.1, -0.05) is 133 Å². The molecule has 83 heavy (non-hydrogen) atoms. The molecule has 3 heterocycles. The predicted octanol–water partition coefficient (Wildman–Crippen LogP) is 10.2. The molecule has 0 radical (unpaired) electrons. The minimum Gasteiger partial charge on any atom is -0.497 e. The zero-order valence-corrected chi connectivity index (χ0v) is 47.6. The van der Waals surface area contributed by atoms with Crippen LogP contribution in [0.3, 0.4) is 0 Å². The van der Waals surface area contributed by atoms with Crippen molar-refractivity contribution in [2.45, 2.75) is 36.8 Å². The molecule has 2 aliphatic heterocycles. The molecular weight excluding hydrogens is 1090 g/mol. The number of carbonyl (C=O) groups is 4. The Morgan fingerprint density at radius 1 is 0.663 bits per heavy atom. The van der Waals surface area contributed by atoms with Gasteiger partial charge in [0.2, 0.25) is 0 Å². The Labute approximate surface area is 488 Å². The number of hydrogen-bond acceptors (Lipinski definition) is 16. The van der Waals surface area contributed by atoms with E-state index >= 15 is 0 Å². The van der Waals surface area contributed by atoms with Gasteiger partial charge < -0.3 is 48.8 Å². The van der Waals surface area contributed by atoms with Gasteiger partial charge in [0.1, 0.15) is 66.8 Å². The molecule has 10 rings (SSSR count). The molecule has 0 aliphatic carbocycles. The van der Waals surface area contributed by atoms with E-state index in [0.29, 0.717) is 33.7 Å². The van der Waals surface area contributed by atoms with Crippen LogP contribution in [-0.2, 0) is 49.3 Å². The number of hydrogen-bond donors (Lipinski definition) is 2. The van der Waals surface area contributed by atoms with Crippen molar-refractivity contribution in [3.63, 3.8) is 0 Å². The van der Waals surface area contributed by atoms with Gasteiger partial charge in [-0.15, -0.1) is 23.1 Å². The number of β-lactam (4-membered cyclic amide) rings is 1. The maximum Gasteiger partial charge on any atom is 0.357 e. The molecule has 422 valence electrons. The molecule has 0 saturated carbocycles. The van der Waals surface area contributed by atoms with E-state index in [-0.39, 0.29) is 59.7 Å². The molecular formula is C64H58N6O11S2. The summed E-state index contributed by atoms with van der Waals surface area (Å²) in [5.41, 5.74) is 4.58. The molecule has 17 nitrogen and oxygen atoms in total. The summed E-state index contributed by atoms with van der Waals surface area (Å²) in [6.45, 7) is 0.172. The molecule has 1 aromatic heterocycles. The predicted molar refractivity (Wildman–Crippen MR) is 317 cm³/mol. The monoisotopic (exact) mass is 1150 g/mol. The Morgan fingerprint density at radius 2 is 1.17 bits per heavy atom. The fourth-order valence-corrected chi connectivity index (χ4v) is 11.8. The number of amides is 3. The highest BCUT2D eigenvalue weighted by atomic mass is 32.2. The molecule has 19 heteroatoms. The number of anilines is 1. The van der Waals surface area contributed by atoms with Crippen LogP contribution in [0.2, 0.25) is 0 Å². The van der Waals surface area contributed by atoms with E-state index in [2.05, 4.69) is 15.8 Å². The number of ether oxygens (including phenoxy) is 6. The molecule has 7 aromatic carbocycles. The van der Waals surface area contributed by atoms with Gasteiger partial charge in [-0.2, -0.15) is 0 Å². The summed E-state index contributed by atoms with van der Waals surface area (Å²) < 4.78 is 34.5. The van der Waals surface area contributed by atoms with Crippen LogP contribution in [0.25, 0.3) is 0 Å². The summed E-state index contributed by atoms with van der Waals surface area (Å²) in [6, 6.07) is 55.6. The maximum absolute atomic E-state index is 14.8. The topological polar surface area (TPSA) is 189 Å². The van der Waals surface area contributed by atoms with Crippen LogP contribution in [0.1, 0.15) is 49.4 Å². The van der Waals surface area contributed by atoms with Crippen LogP contribution in [0.4, 0.5) is 5.13 Å². The lowest BCUT2D eigenvalue weighted by Crippen LogP contribution is -2.71. The lowest BCUT2D eigenvalue weighted by atomic mass is 9.77. The van der Waals surface area contributed by atoms with Crippen LogP contribution < -0.4 is 34.3 Å². The van der Waals surface area contributed by atoms with Gasteiger partial charge >= 0.3 is 5.97 Å². The van der Waals surface area contributed by atoms with Gasteiger partial charge in [0, 0.05) is 23.7 Å². The Balaban J connectivity index is 0.914. The van der Waals surface area contributed by atoms with Crippen molar-refractivity contribution in [3.8, 4) is 28.7 Å². The zero-order chi connectivity index (χ0) is 57.9. The Hall–Kier alpha value is -9.59. The van der Waals surface area contributed by atoms with Gasteiger partial charge in [-0.3, -0.25) is 19.3 Å². The van der Waals surface area contributed by atoms with Crippen LogP contribution in [0.5, 0.6) is 28.7 Å². The number of nitrogens with zero attached hydrogens (tertiary/aromatic N) is 4. The number of methoxy groups -OCH3 is 3. The van der Waals surface area contributed by atoms with Gasteiger partial charge in [0.05, 0.1) is 27.0 Å². The Bertz CT molecular complexity index is 3550. The second-order valence-corrected chi connectivity index (χ2v) is 21.0. The molecule has 2 aliphatic rings. The number of aromatic nitrogens is 1. The number of fused-ring (bicyclic) bond motifs is 1. The molecule has 0 unspecified atom stereocenters. The lowest BCUT2D eigenvalue weighted by Gasteiger charge is -2.50. The van der Waals surface area contributed by atoms with Crippen LogP contribution >= 0.6 is 23.1 Å². The van der Waals surface area contributed by atoms with E-state index in [1.807, 2.05) is 140 Å². The molecule has 0 spiro atoms. The molecule has 1 saturated heterocycles. The molecule has 1 fully saturated rings. The minimum atomic E-state index is -1.13. The first-order valence-corrected chi connectivity index (χ1v) is 28.2. The van der Waals surface area contributed by atoms with Crippen molar-refractivity contribution in [3.05, 3.63) is 243 Å². The summed E-state index contributed by atoms with van der Waals surface area (Å²) in [4.78, 5) is 71.0. The number of thioether (sulfide) groups is 1. The third-order valence-electron chi connectivity index (χ3n) is 14.0. The number of benzene rings is 7. The number of rotatable bonds is 23. The minimum absolute atomic E-state index is 0.0615. The summed E-state index contributed by atoms with van der Waals surface area (Å²) >= 11 is 2.53. The van der Waals surface area contributed by atoms with Crippen molar-refractivity contribution < 1.29 is 52.4 Å². The van der Waals surface area contributed by atoms with E-state index < -0.39 is 40.6 Å². The van der Waals surface area contributed by atoms with Gasteiger partial charge in [-0.05, 0) is 88.0 Å². The standard InChI is InChI=1S/C64H58N6O11S2/c1-69(59(72)44-27-34-53(79-36-41-21-28-48(75-2)29-22-41)54(35-44)80-37-42-23-30-49(76-3)31-24-42)52-40-82-61-56(60(73)70(61)57(52)62(74)81-38-43-25-32-50(77-4)33-26-43)66-58(71)55(68-78-5)51-39-83-63(65-51)67-64(45-15-9-6-10-16-45,46-17-11-7-12-18-46)47-19-13-8-14-20-47/h6-35,39,56,61H,36-38,40H2,1-5H3,(H,65,67)(H,66,71)/b68-55-/t56-,61-/m1/s1. The first-order chi connectivity index (χ1) is 40.5. The Morgan fingerprint density at radius 3 is 1.67 bits per heavy atom. The molecule has 2 N–H and O–H groups in total. The quantitative estimate of drug-likeness (QED) is 0.0202. The second-order valence-electron chi connectivity index (χ2n) is 19.0. The van der Waals surface area contributed by atoms with Crippen LogP contribution in [-0.4, -0.2) is 96.8 Å². The van der Waals surface area contributed by atoms with E-state index in [4.69, 9.17) is 38.2 Å². The molecule has 3 amide bonds. The number of thiazole rings is 1. The van der Waals surface area contributed by atoms with Crippen LogP contribution in [0, 0.1) is 0 Å². The fraction of sp³-hybridized carbons (Fsp3) is 0.188. The smallest absolute Gasteiger partial charge is 0.357 e. The number of esters is 1. The van der Waals surface area contributed by atoms with Gasteiger partial charge in [0.15, 0.2) is 28.0 Å². The van der Waals surface area contributed by atoms with E-state index in [9.17, 15) is 19.2 Å². The summed E-state index contributed by atoms with van der Waals surface area (Å²) in [6.07, 6.45) is 0. The SMILES string of the molecule is CO/N=C(\C(=O)N[C@@H]1C(=O)N2C(C(=O)OCc3ccc(OC)cc3)=C(N(C)C(=O)c3ccc(OCc4ccc(OC)cc4)c(OCc4ccc(OC)cc4)c3)CS[C@H]12)c1csc(NC(c2ccccc2)(c2ccccc2)c2ccccc2)n1. The highest BCUT2D eigenvalue weighted by molar-refractivity contribution is 8.00. The highest BCUT2D eigenvalue weighted by Gasteiger charge is 2.55. The molecule has 0 bridgehead atoms. The van der Waals surface area contributed by atoms with Crippen LogP contribution in [0.15, 0.2) is 204 Å². The van der Waals surface area contributed by atoms with Crippen molar-refractivity contribution in [1.29, 1.82) is 0 Å². The first-order valence-electron chi connectivity index (χ1n) is 26.3. The lowest BCUT2D eigenvalue weighted by molar-refractivity contribution is -0.153. The van der Waals surface area contributed by atoms with Crippen molar-refractivity contribution >= 4 is 57.6 Å². The van der Waals surface area contributed by atoms with Gasteiger partial charge in [-0.25, -0.2) is 9.78 Å². The summed E-state index contributed by atoms with van der Waals surface area (Å²) in [5.74, 6) is 0.0144. The second kappa shape index (κ2) is 25.9. The normalized spacial score (nSPS) is 14.8. The Kier molecular flexibility index (Phi) is 17.7. The average Bonchev–Trinajstić information content (AvgIpc) is 4.10. The van der Waals surface area contributed by atoms with Crippen molar-refractivity contribution in [1.82, 2.24) is 20.1 Å². The third-order valence-corrected chi connectivity index (χ3v) is 16.0.